The molecule has 0 aromatic carbocycles. The van der Waals surface area contributed by atoms with Gasteiger partial charge < -0.3 is 4.74 Å². The molecule has 0 aliphatic rings. The van der Waals surface area contributed by atoms with Crippen molar-refractivity contribution < 1.29 is 4.74 Å². The first-order valence-electron chi connectivity index (χ1n) is 5.82. The van der Waals surface area contributed by atoms with Crippen LogP contribution in [0.2, 0.25) is 0 Å². The molecule has 0 aliphatic carbocycles. The Morgan fingerprint density at radius 1 is 1.47 bits per heavy atom. The van der Waals surface area contributed by atoms with Crippen molar-refractivity contribution in [1.29, 1.82) is 0 Å². The highest BCUT2D eigenvalue weighted by atomic mass is 79.9. The molecule has 1 heterocycles. The van der Waals surface area contributed by atoms with Gasteiger partial charge in [0.2, 0.25) is 0 Å². The predicted octanol–water partition coefficient (Wildman–Crippen LogP) is 2.38. The Morgan fingerprint density at radius 2 is 2.18 bits per heavy atom. The number of aromatic nitrogens is 2. The monoisotopic (exact) mass is 302 g/mol. The number of nitrogens with zero attached hydrogens (tertiary/aromatic N) is 2. The van der Waals surface area contributed by atoms with Crippen molar-refractivity contribution in [3.05, 3.63) is 26.8 Å². The smallest absolute Gasteiger partial charge is 0.267 e. The Morgan fingerprint density at radius 3 is 2.82 bits per heavy atom. The molecule has 1 aromatic rings. The first-order valence-corrected chi connectivity index (χ1v) is 6.61. The average Bonchev–Trinajstić information content (AvgIpc) is 2.27. The van der Waals surface area contributed by atoms with Crippen LogP contribution in [-0.4, -0.2) is 22.8 Å². The van der Waals surface area contributed by atoms with Crippen LogP contribution < -0.4 is 5.56 Å². The highest BCUT2D eigenvalue weighted by molar-refractivity contribution is 9.10. The molecule has 17 heavy (non-hydrogen) atoms. The molecular formula is C12H19BrN2O2. The zero-order valence-corrected chi connectivity index (χ0v) is 12.2. The van der Waals surface area contributed by atoms with Gasteiger partial charge in [0.05, 0.1) is 13.2 Å². The summed E-state index contributed by atoms with van der Waals surface area (Å²) in [7, 11) is 0. The zero-order chi connectivity index (χ0) is 12.8. The summed E-state index contributed by atoms with van der Waals surface area (Å²) >= 11 is 3.19. The normalized spacial score (nSPS) is 11.1. The largest absolute Gasteiger partial charge is 0.380 e. The van der Waals surface area contributed by atoms with Crippen LogP contribution in [0, 0.1) is 12.8 Å². The van der Waals surface area contributed by atoms with E-state index in [9.17, 15) is 4.79 Å². The van der Waals surface area contributed by atoms with E-state index in [0.717, 1.165) is 13.0 Å². The third kappa shape index (κ3) is 4.60. The second-order valence-electron chi connectivity index (χ2n) is 4.41. The molecule has 96 valence electrons. The molecule has 1 aromatic heterocycles. The number of rotatable bonds is 6. The first kappa shape index (κ1) is 14.4. The van der Waals surface area contributed by atoms with E-state index in [0.29, 0.717) is 29.4 Å². The van der Waals surface area contributed by atoms with Gasteiger partial charge in [-0.2, -0.15) is 0 Å². The van der Waals surface area contributed by atoms with E-state index in [1.807, 2.05) is 6.92 Å². The third-order valence-corrected chi connectivity index (χ3v) is 3.05. The van der Waals surface area contributed by atoms with Gasteiger partial charge in [-0.15, -0.1) is 0 Å². The van der Waals surface area contributed by atoms with Gasteiger partial charge >= 0.3 is 0 Å². The maximum absolute atomic E-state index is 11.8. The van der Waals surface area contributed by atoms with Crippen molar-refractivity contribution >= 4 is 15.9 Å². The van der Waals surface area contributed by atoms with Gasteiger partial charge in [-0.1, -0.05) is 13.8 Å². The molecule has 0 radical (unpaired) electrons. The minimum atomic E-state index is -0.0510. The van der Waals surface area contributed by atoms with E-state index in [1.54, 1.807) is 4.57 Å². The summed E-state index contributed by atoms with van der Waals surface area (Å²) < 4.78 is 7.61. The van der Waals surface area contributed by atoms with Crippen molar-refractivity contribution in [2.24, 2.45) is 5.92 Å². The third-order valence-electron chi connectivity index (χ3n) is 2.50. The van der Waals surface area contributed by atoms with Gasteiger partial charge in [-0.25, -0.2) is 4.98 Å². The summed E-state index contributed by atoms with van der Waals surface area (Å²) in [6.07, 6.45) is 2.58. The first-order chi connectivity index (χ1) is 8.02. The summed E-state index contributed by atoms with van der Waals surface area (Å²) in [5, 5.41) is 0. The van der Waals surface area contributed by atoms with Crippen LogP contribution in [0.3, 0.4) is 0 Å². The van der Waals surface area contributed by atoms with E-state index >= 15 is 0 Å². The maximum Gasteiger partial charge on any atom is 0.267 e. The summed E-state index contributed by atoms with van der Waals surface area (Å²) in [6, 6.07) is 0. The Balaban J connectivity index is 2.47. The second-order valence-corrected chi connectivity index (χ2v) is 5.26. The van der Waals surface area contributed by atoms with Gasteiger partial charge in [0.1, 0.15) is 10.3 Å². The number of aryl methyl sites for hydroxylation is 1. The van der Waals surface area contributed by atoms with E-state index in [-0.39, 0.29) is 5.56 Å². The molecule has 0 amide bonds. The van der Waals surface area contributed by atoms with Crippen LogP contribution >= 0.6 is 15.9 Å². The van der Waals surface area contributed by atoms with Crippen molar-refractivity contribution in [1.82, 2.24) is 9.55 Å². The maximum atomic E-state index is 11.8. The lowest BCUT2D eigenvalue weighted by molar-refractivity contribution is 0.115. The van der Waals surface area contributed by atoms with Crippen LogP contribution in [0.15, 0.2) is 15.5 Å². The summed E-state index contributed by atoms with van der Waals surface area (Å²) in [4.78, 5) is 15.9. The van der Waals surface area contributed by atoms with Crippen molar-refractivity contribution in [3.8, 4) is 0 Å². The lowest BCUT2D eigenvalue weighted by atomic mass is 10.1. The Labute approximate surface area is 110 Å². The molecular weight excluding hydrogens is 284 g/mol. The second kappa shape index (κ2) is 6.91. The summed E-state index contributed by atoms with van der Waals surface area (Å²) in [5.74, 6) is 1.36. The van der Waals surface area contributed by atoms with Crippen molar-refractivity contribution in [2.75, 3.05) is 13.2 Å². The molecule has 5 heteroatoms. The fraction of sp³-hybridized carbons (Fsp3) is 0.667. The zero-order valence-electron chi connectivity index (χ0n) is 10.6. The predicted molar refractivity (Wildman–Crippen MR) is 71.2 cm³/mol. The lowest BCUT2D eigenvalue weighted by Gasteiger charge is -2.10. The Bertz CT molecular complexity index is 415. The van der Waals surface area contributed by atoms with Crippen LogP contribution in [0.4, 0.5) is 0 Å². The fourth-order valence-corrected chi connectivity index (χ4v) is 1.71. The van der Waals surface area contributed by atoms with Crippen LogP contribution in [0.25, 0.3) is 0 Å². The highest BCUT2D eigenvalue weighted by Crippen LogP contribution is 2.02. The minimum Gasteiger partial charge on any atom is -0.380 e. The van der Waals surface area contributed by atoms with Crippen LogP contribution in [0.1, 0.15) is 26.1 Å². The van der Waals surface area contributed by atoms with Crippen molar-refractivity contribution in [2.45, 2.75) is 33.7 Å². The number of ether oxygens (including phenoxy) is 1. The molecule has 0 spiro atoms. The Kier molecular flexibility index (Phi) is 5.85. The number of halogens is 1. The van der Waals surface area contributed by atoms with Gasteiger partial charge in [0.25, 0.3) is 5.56 Å². The molecule has 0 aliphatic heterocycles. The van der Waals surface area contributed by atoms with Gasteiger partial charge in [0.15, 0.2) is 0 Å². The highest BCUT2D eigenvalue weighted by Gasteiger charge is 2.04. The quantitative estimate of drug-likeness (QED) is 0.758. The molecule has 0 bridgehead atoms. The molecule has 0 N–H and O–H groups in total. The standard InChI is InChI=1S/C12H19BrN2O2/c1-9(2)4-6-17-7-5-15-10(3)14-8-11(13)12(15)16/h8-9H,4-7H2,1-3H3. The summed E-state index contributed by atoms with van der Waals surface area (Å²) in [6.45, 7) is 7.99. The fourth-order valence-electron chi connectivity index (χ4n) is 1.39. The minimum absolute atomic E-state index is 0.0510. The SMILES string of the molecule is Cc1ncc(Br)c(=O)n1CCOCCC(C)C. The topological polar surface area (TPSA) is 44.1 Å². The number of hydrogen-bond acceptors (Lipinski definition) is 3. The molecule has 0 unspecified atom stereocenters. The van der Waals surface area contributed by atoms with E-state index in [4.69, 9.17) is 4.74 Å². The van der Waals surface area contributed by atoms with Crippen LogP contribution in [0.5, 0.6) is 0 Å². The van der Waals surface area contributed by atoms with Crippen LogP contribution in [-0.2, 0) is 11.3 Å². The van der Waals surface area contributed by atoms with Gasteiger partial charge in [0, 0.05) is 12.8 Å². The van der Waals surface area contributed by atoms with Gasteiger partial charge in [-0.05, 0) is 35.2 Å². The molecule has 0 saturated carbocycles. The molecule has 0 saturated heterocycles. The average molecular weight is 303 g/mol. The molecule has 4 nitrogen and oxygen atoms in total. The van der Waals surface area contributed by atoms with E-state index in [2.05, 4.69) is 34.8 Å². The summed E-state index contributed by atoms with van der Waals surface area (Å²) in [5.41, 5.74) is -0.0510. The van der Waals surface area contributed by atoms with Crippen molar-refractivity contribution in [3.63, 3.8) is 0 Å². The molecule has 0 fully saturated rings. The molecule has 0 atom stereocenters. The number of hydrogen-bond donors (Lipinski definition) is 0. The lowest BCUT2D eigenvalue weighted by Crippen LogP contribution is -2.26. The van der Waals surface area contributed by atoms with E-state index in [1.165, 1.54) is 6.20 Å². The molecule has 1 rings (SSSR count). The van der Waals surface area contributed by atoms with Gasteiger partial charge in [-0.3, -0.25) is 9.36 Å². The Hall–Kier alpha value is -0.680. The van der Waals surface area contributed by atoms with E-state index < -0.39 is 0 Å².